The van der Waals surface area contributed by atoms with Crippen molar-refractivity contribution < 1.29 is 47.4 Å². The number of nitrogens with one attached hydrogen (secondary N) is 1. The summed E-state index contributed by atoms with van der Waals surface area (Å²) >= 11 is 0.832. The third kappa shape index (κ3) is 3.40. The van der Waals surface area contributed by atoms with Crippen LogP contribution in [0.4, 0.5) is 5.69 Å². The van der Waals surface area contributed by atoms with E-state index in [1.165, 1.54) is 0 Å². The van der Waals surface area contributed by atoms with E-state index in [0.29, 0.717) is 5.69 Å². The first-order valence-electron chi connectivity index (χ1n) is 3.68. The van der Waals surface area contributed by atoms with Crippen LogP contribution in [-0.4, -0.2) is 17.4 Å². The summed E-state index contributed by atoms with van der Waals surface area (Å²) in [6.07, 6.45) is 0. The molecule has 1 aromatic rings. The second kappa shape index (κ2) is 6.64. The van der Waals surface area contributed by atoms with Gasteiger partial charge in [-0.15, -0.1) is 0 Å². The van der Waals surface area contributed by atoms with Crippen molar-refractivity contribution in [3.05, 3.63) is 17.7 Å². The Bertz CT molecular complexity index is 309. The van der Waals surface area contributed by atoms with Crippen LogP contribution in [0.1, 0.15) is 5.56 Å². The Labute approximate surface area is 112 Å². The second-order valence-electron chi connectivity index (χ2n) is 2.54. The summed E-state index contributed by atoms with van der Waals surface area (Å²) in [7, 11) is 1.71. The first-order chi connectivity index (χ1) is 6.19. The first-order valence-corrected chi connectivity index (χ1v) is 4.42. The Morgan fingerprint density at radius 3 is 2.57 bits per heavy atom. The van der Waals surface area contributed by atoms with Crippen LogP contribution in [0.25, 0.3) is 0 Å². The quantitative estimate of drug-likeness (QED) is 0.345. The fraction of sp³-hybridized carbons (Fsp3) is 0.250. The van der Waals surface area contributed by atoms with Crippen LogP contribution >= 0.6 is 12.0 Å². The maximum atomic E-state index is 9.52. The molecular weight excluding hydrogens is 279 g/mol. The molecule has 4 nitrogen and oxygen atoms in total. The molecule has 75 valence electrons. The van der Waals surface area contributed by atoms with Crippen molar-refractivity contribution in [1.82, 2.24) is 0 Å². The monoisotopic (exact) mass is 290 g/mol. The van der Waals surface area contributed by atoms with E-state index < -0.39 is 0 Å². The van der Waals surface area contributed by atoms with E-state index >= 15 is 0 Å². The van der Waals surface area contributed by atoms with Gasteiger partial charge in [0.2, 0.25) is 0 Å². The molecule has 0 aromatic heterocycles. The minimum absolute atomic E-state index is 0. The topological polar surface area (TPSA) is 61.7 Å². The van der Waals surface area contributed by atoms with Crippen molar-refractivity contribution in [1.29, 1.82) is 0 Å². The number of benzene rings is 1. The van der Waals surface area contributed by atoms with Crippen molar-refractivity contribution in [3.8, 4) is 5.75 Å². The Hall–Kier alpha value is 0.194. The van der Waals surface area contributed by atoms with Crippen LogP contribution in [0.5, 0.6) is 5.75 Å². The summed E-state index contributed by atoms with van der Waals surface area (Å²) in [6, 6.07) is 3.40. The summed E-state index contributed by atoms with van der Waals surface area (Å²) in [4.78, 5) is 0.724. The molecule has 0 unspecified atom stereocenters. The minimum atomic E-state index is 0. The molecule has 0 amide bonds. The van der Waals surface area contributed by atoms with Gasteiger partial charge in [0, 0.05) is 44.7 Å². The van der Waals surface area contributed by atoms with Gasteiger partial charge in [-0.05, 0) is 24.6 Å². The number of aromatic hydroxyl groups is 1. The zero-order valence-electron chi connectivity index (χ0n) is 7.94. The summed E-state index contributed by atoms with van der Waals surface area (Å²) in [5.74, 6) is 0.213. The molecule has 0 saturated carbocycles. The fourth-order valence-corrected chi connectivity index (χ4v) is 1.51. The van der Waals surface area contributed by atoms with Gasteiger partial charge < -0.3 is 10.4 Å². The molecule has 0 aliphatic rings. The molecule has 1 aromatic carbocycles. The molecule has 1 rings (SSSR count). The van der Waals surface area contributed by atoms with E-state index in [4.69, 9.17) is 5.26 Å². The molecule has 0 atom stereocenters. The first kappa shape index (κ1) is 14.2. The van der Waals surface area contributed by atoms with E-state index in [2.05, 4.69) is 9.65 Å². The summed E-state index contributed by atoms with van der Waals surface area (Å²) < 4.78 is 3.93. The molecule has 6 heteroatoms. The Morgan fingerprint density at radius 1 is 1.43 bits per heavy atom. The zero-order valence-corrected chi connectivity index (χ0v) is 11.6. The maximum absolute atomic E-state index is 9.52. The van der Waals surface area contributed by atoms with E-state index in [9.17, 15) is 5.11 Å². The van der Waals surface area contributed by atoms with Gasteiger partial charge in [0.05, 0.1) is 17.7 Å². The molecule has 0 bridgehead atoms. The predicted octanol–water partition coefficient (Wildman–Crippen LogP) is 2.24. The average Bonchev–Trinajstić information content (AvgIpc) is 2.11. The molecule has 3 N–H and O–H groups in total. The molecule has 1 radical (unpaired) electrons. The maximum Gasteiger partial charge on any atom is 0.141 e. The summed E-state index contributed by atoms with van der Waals surface area (Å²) in [6.45, 7) is 1.78. The molecule has 14 heavy (non-hydrogen) atoms. The number of aryl methyl sites for hydroxylation is 1. The molecular formula is C8H11NO3SY. The van der Waals surface area contributed by atoms with Crippen LogP contribution in [0.2, 0.25) is 0 Å². The molecule has 0 heterocycles. The van der Waals surface area contributed by atoms with Crippen molar-refractivity contribution in [2.24, 2.45) is 0 Å². The van der Waals surface area contributed by atoms with E-state index in [-0.39, 0.29) is 38.5 Å². The van der Waals surface area contributed by atoms with Gasteiger partial charge in [0.15, 0.2) is 0 Å². The summed E-state index contributed by atoms with van der Waals surface area (Å²) in [5.41, 5.74) is 1.34. The number of hydrogen-bond donors (Lipinski definition) is 3. The van der Waals surface area contributed by atoms with Crippen LogP contribution < -0.4 is 5.32 Å². The van der Waals surface area contributed by atoms with Crippen molar-refractivity contribution >= 4 is 17.7 Å². The second-order valence-corrected chi connectivity index (χ2v) is 3.33. The normalized spacial score (nSPS) is 9.36. The van der Waals surface area contributed by atoms with Crippen LogP contribution in [0.15, 0.2) is 17.0 Å². The number of hydrogen-bond acceptors (Lipinski definition) is 5. The SMILES string of the molecule is CNc1cc(SOO)cc(C)c1O.[Y]. The standard InChI is InChI=1S/C8H11NO3S.Y/c1-5-3-6(13-12-11)4-7(9-2)8(5)10;/h3-4,9-11H,1-2H3;. The number of rotatable bonds is 3. The third-order valence-electron chi connectivity index (χ3n) is 1.68. The number of phenols is 1. The molecule has 0 fully saturated rings. The van der Waals surface area contributed by atoms with E-state index in [1.54, 1.807) is 26.1 Å². The van der Waals surface area contributed by atoms with Crippen molar-refractivity contribution in [2.75, 3.05) is 12.4 Å². The molecule has 0 spiro atoms. The van der Waals surface area contributed by atoms with E-state index in [0.717, 1.165) is 22.5 Å². The Kier molecular flexibility index (Phi) is 6.73. The van der Waals surface area contributed by atoms with Gasteiger partial charge in [0.1, 0.15) is 5.75 Å². The van der Waals surface area contributed by atoms with Crippen LogP contribution in [0.3, 0.4) is 0 Å². The molecule has 0 aliphatic heterocycles. The van der Waals surface area contributed by atoms with Crippen LogP contribution in [0, 0.1) is 6.92 Å². The van der Waals surface area contributed by atoms with Crippen molar-refractivity contribution in [3.63, 3.8) is 0 Å². The largest absolute Gasteiger partial charge is 0.506 e. The van der Waals surface area contributed by atoms with Gasteiger partial charge in [-0.3, -0.25) is 0 Å². The molecule has 0 aliphatic carbocycles. The predicted molar refractivity (Wildman–Crippen MR) is 52.0 cm³/mol. The van der Waals surface area contributed by atoms with Crippen molar-refractivity contribution in [2.45, 2.75) is 11.8 Å². The van der Waals surface area contributed by atoms with E-state index in [1.807, 2.05) is 0 Å². The van der Waals surface area contributed by atoms with Gasteiger partial charge in [-0.25, -0.2) is 5.26 Å². The van der Waals surface area contributed by atoms with Gasteiger partial charge in [0.25, 0.3) is 0 Å². The Morgan fingerprint density at radius 2 is 2.07 bits per heavy atom. The zero-order chi connectivity index (χ0) is 9.84. The van der Waals surface area contributed by atoms with Gasteiger partial charge >= 0.3 is 0 Å². The smallest absolute Gasteiger partial charge is 0.141 e. The fourth-order valence-electron chi connectivity index (χ4n) is 1.03. The average molecular weight is 290 g/mol. The number of phenolic OH excluding ortho intramolecular Hbond substituents is 1. The van der Waals surface area contributed by atoms with Crippen LogP contribution in [-0.2, 0) is 37.0 Å². The van der Waals surface area contributed by atoms with Gasteiger partial charge in [-0.1, -0.05) is 0 Å². The minimum Gasteiger partial charge on any atom is -0.506 e. The third-order valence-corrected chi connectivity index (χ3v) is 2.18. The Balaban J connectivity index is 0.00000169. The summed E-state index contributed by atoms with van der Waals surface area (Å²) in [5, 5.41) is 20.6. The number of anilines is 1. The molecule has 0 saturated heterocycles. The van der Waals surface area contributed by atoms with Gasteiger partial charge in [-0.2, -0.15) is 4.33 Å².